The van der Waals surface area contributed by atoms with Gasteiger partial charge in [0.1, 0.15) is 5.69 Å². The second-order valence-electron chi connectivity index (χ2n) is 4.00. The first-order chi connectivity index (χ1) is 7.59. The molecule has 88 valence electrons. The van der Waals surface area contributed by atoms with E-state index in [1.165, 1.54) is 6.20 Å². The standard InChI is InChI=1S/C10H16N4OS/c1-7-6-14(3-4-16-7)10(15)9-8(11)5-12-13(9)2/h5,7H,3-4,6,11H2,1-2H3. The minimum atomic E-state index is -0.00958. The summed E-state index contributed by atoms with van der Waals surface area (Å²) in [5.41, 5.74) is 6.70. The smallest absolute Gasteiger partial charge is 0.274 e. The Hall–Kier alpha value is -1.17. The molecule has 1 aromatic heterocycles. The minimum Gasteiger partial charge on any atom is -0.396 e. The molecule has 1 amide bonds. The summed E-state index contributed by atoms with van der Waals surface area (Å²) in [6.07, 6.45) is 1.52. The molecule has 16 heavy (non-hydrogen) atoms. The summed E-state index contributed by atoms with van der Waals surface area (Å²) >= 11 is 1.90. The van der Waals surface area contributed by atoms with Gasteiger partial charge in [-0.15, -0.1) is 0 Å². The molecule has 0 radical (unpaired) electrons. The zero-order valence-electron chi connectivity index (χ0n) is 9.51. The van der Waals surface area contributed by atoms with E-state index >= 15 is 0 Å². The molecule has 1 aromatic rings. The number of amides is 1. The highest BCUT2D eigenvalue weighted by molar-refractivity contribution is 7.99. The number of carbonyl (C=O) groups excluding carboxylic acids is 1. The molecule has 2 rings (SSSR count). The maximum absolute atomic E-state index is 12.2. The van der Waals surface area contributed by atoms with Crippen molar-refractivity contribution in [3.05, 3.63) is 11.9 Å². The van der Waals surface area contributed by atoms with Crippen molar-refractivity contribution < 1.29 is 4.79 Å². The number of anilines is 1. The molecule has 6 heteroatoms. The molecule has 5 nitrogen and oxygen atoms in total. The van der Waals surface area contributed by atoms with Crippen LogP contribution in [0.25, 0.3) is 0 Å². The number of rotatable bonds is 1. The topological polar surface area (TPSA) is 64.2 Å². The van der Waals surface area contributed by atoms with Gasteiger partial charge in [0.15, 0.2) is 0 Å². The van der Waals surface area contributed by atoms with E-state index in [1.54, 1.807) is 11.7 Å². The molecular weight excluding hydrogens is 224 g/mol. The number of aryl methyl sites for hydroxylation is 1. The van der Waals surface area contributed by atoms with E-state index in [0.29, 0.717) is 16.6 Å². The average Bonchev–Trinajstić information content (AvgIpc) is 2.58. The molecule has 2 heterocycles. The molecule has 1 fully saturated rings. The zero-order chi connectivity index (χ0) is 11.7. The number of hydrogen-bond acceptors (Lipinski definition) is 4. The summed E-state index contributed by atoms with van der Waals surface area (Å²) in [4.78, 5) is 14.1. The summed E-state index contributed by atoms with van der Waals surface area (Å²) in [5, 5.41) is 4.48. The van der Waals surface area contributed by atoms with E-state index in [4.69, 9.17) is 5.73 Å². The number of nitrogens with zero attached hydrogens (tertiary/aromatic N) is 3. The van der Waals surface area contributed by atoms with Gasteiger partial charge >= 0.3 is 0 Å². The second kappa shape index (κ2) is 4.37. The Kier molecular flexibility index (Phi) is 3.09. The molecule has 1 aliphatic rings. The van der Waals surface area contributed by atoms with Gasteiger partial charge in [-0.3, -0.25) is 9.48 Å². The van der Waals surface area contributed by atoms with Crippen molar-refractivity contribution in [1.29, 1.82) is 0 Å². The van der Waals surface area contributed by atoms with Crippen molar-refractivity contribution in [2.45, 2.75) is 12.2 Å². The van der Waals surface area contributed by atoms with Gasteiger partial charge in [-0.2, -0.15) is 16.9 Å². The largest absolute Gasteiger partial charge is 0.396 e. The summed E-state index contributed by atoms with van der Waals surface area (Å²) in [6, 6.07) is 0. The van der Waals surface area contributed by atoms with Gasteiger partial charge in [0, 0.05) is 31.1 Å². The SMILES string of the molecule is CC1CN(C(=O)c2c(N)cnn2C)CCS1. The predicted octanol–water partition coefficient (Wildman–Crippen LogP) is 0.580. The van der Waals surface area contributed by atoms with E-state index in [-0.39, 0.29) is 5.91 Å². The Morgan fingerprint density at radius 3 is 3.00 bits per heavy atom. The molecule has 0 spiro atoms. The fourth-order valence-electron chi connectivity index (χ4n) is 1.87. The molecule has 1 saturated heterocycles. The van der Waals surface area contributed by atoms with Gasteiger partial charge in [-0.1, -0.05) is 6.92 Å². The Balaban J connectivity index is 2.18. The van der Waals surface area contributed by atoms with Crippen LogP contribution in [-0.4, -0.2) is 44.7 Å². The van der Waals surface area contributed by atoms with Gasteiger partial charge in [-0.25, -0.2) is 0 Å². The van der Waals surface area contributed by atoms with Gasteiger partial charge in [-0.05, 0) is 0 Å². The average molecular weight is 240 g/mol. The molecule has 2 N–H and O–H groups in total. The summed E-state index contributed by atoms with van der Waals surface area (Å²) in [7, 11) is 1.74. The second-order valence-corrected chi connectivity index (χ2v) is 5.55. The van der Waals surface area contributed by atoms with Crippen LogP contribution < -0.4 is 5.73 Å². The summed E-state index contributed by atoms with van der Waals surface area (Å²) in [5.74, 6) is 0.981. The maximum atomic E-state index is 12.2. The van der Waals surface area contributed by atoms with Crippen molar-refractivity contribution in [3.63, 3.8) is 0 Å². The third-order valence-corrected chi connectivity index (χ3v) is 3.83. The Labute approximate surface area is 99.0 Å². The number of aromatic nitrogens is 2. The van der Waals surface area contributed by atoms with Gasteiger partial charge in [0.05, 0.1) is 11.9 Å². The van der Waals surface area contributed by atoms with Gasteiger partial charge < -0.3 is 10.6 Å². The lowest BCUT2D eigenvalue weighted by Gasteiger charge is -2.30. The van der Waals surface area contributed by atoms with E-state index in [9.17, 15) is 4.79 Å². The van der Waals surface area contributed by atoms with Crippen LogP contribution in [0, 0.1) is 0 Å². The van der Waals surface area contributed by atoms with Crippen LogP contribution in [0.3, 0.4) is 0 Å². The van der Waals surface area contributed by atoms with E-state index in [1.807, 2.05) is 16.7 Å². The number of thioether (sulfide) groups is 1. The molecule has 0 aliphatic carbocycles. The fourth-order valence-corrected chi connectivity index (χ4v) is 2.88. The van der Waals surface area contributed by atoms with E-state index in [2.05, 4.69) is 12.0 Å². The number of carbonyl (C=O) groups is 1. The molecule has 1 atom stereocenters. The quantitative estimate of drug-likeness (QED) is 0.780. The molecule has 0 aromatic carbocycles. The van der Waals surface area contributed by atoms with E-state index in [0.717, 1.165) is 18.8 Å². The van der Waals surface area contributed by atoms with Crippen molar-refractivity contribution in [1.82, 2.24) is 14.7 Å². The first-order valence-corrected chi connectivity index (χ1v) is 6.33. The predicted molar refractivity (Wildman–Crippen MR) is 65.4 cm³/mol. The third-order valence-electron chi connectivity index (χ3n) is 2.70. The first kappa shape index (κ1) is 11.3. The van der Waals surface area contributed by atoms with Crippen LogP contribution in [0.15, 0.2) is 6.20 Å². The minimum absolute atomic E-state index is 0.00958. The van der Waals surface area contributed by atoms with Crippen molar-refractivity contribution >= 4 is 23.4 Å². The first-order valence-electron chi connectivity index (χ1n) is 5.28. The Morgan fingerprint density at radius 2 is 2.44 bits per heavy atom. The van der Waals surface area contributed by atoms with Gasteiger partial charge in [0.2, 0.25) is 0 Å². The normalized spacial score (nSPS) is 21.1. The Bertz CT molecular complexity index is 384. The summed E-state index contributed by atoms with van der Waals surface area (Å²) < 4.78 is 1.55. The fraction of sp³-hybridized carbons (Fsp3) is 0.600. The lowest BCUT2D eigenvalue weighted by molar-refractivity contribution is 0.0753. The lowest BCUT2D eigenvalue weighted by Crippen LogP contribution is -2.41. The molecule has 0 saturated carbocycles. The number of nitrogen functional groups attached to an aromatic ring is 1. The maximum Gasteiger partial charge on any atom is 0.274 e. The lowest BCUT2D eigenvalue weighted by atomic mass is 10.3. The van der Waals surface area contributed by atoms with E-state index < -0.39 is 0 Å². The van der Waals surface area contributed by atoms with Gasteiger partial charge in [0.25, 0.3) is 5.91 Å². The molecule has 1 unspecified atom stereocenters. The zero-order valence-corrected chi connectivity index (χ0v) is 10.3. The number of hydrogen-bond donors (Lipinski definition) is 1. The van der Waals surface area contributed by atoms with Crippen molar-refractivity contribution in [2.75, 3.05) is 24.6 Å². The van der Waals surface area contributed by atoms with Crippen LogP contribution in [0.4, 0.5) is 5.69 Å². The van der Waals surface area contributed by atoms with Crippen LogP contribution in [0.5, 0.6) is 0 Å². The van der Waals surface area contributed by atoms with Crippen molar-refractivity contribution in [2.24, 2.45) is 7.05 Å². The highest BCUT2D eigenvalue weighted by Gasteiger charge is 2.25. The van der Waals surface area contributed by atoms with Crippen LogP contribution >= 0.6 is 11.8 Å². The van der Waals surface area contributed by atoms with Crippen LogP contribution in [0.1, 0.15) is 17.4 Å². The molecule has 1 aliphatic heterocycles. The van der Waals surface area contributed by atoms with Crippen LogP contribution in [0.2, 0.25) is 0 Å². The highest BCUT2D eigenvalue weighted by atomic mass is 32.2. The molecule has 0 bridgehead atoms. The van der Waals surface area contributed by atoms with Crippen LogP contribution in [-0.2, 0) is 7.05 Å². The number of nitrogens with two attached hydrogens (primary N) is 1. The summed E-state index contributed by atoms with van der Waals surface area (Å²) in [6.45, 7) is 3.71. The highest BCUT2D eigenvalue weighted by Crippen LogP contribution is 2.21. The monoisotopic (exact) mass is 240 g/mol. The third kappa shape index (κ3) is 2.02. The molecular formula is C10H16N4OS. The Morgan fingerprint density at radius 1 is 1.69 bits per heavy atom. The van der Waals surface area contributed by atoms with Crippen molar-refractivity contribution in [3.8, 4) is 0 Å².